The molecule has 1 aliphatic rings. The Morgan fingerprint density at radius 3 is 2.40 bits per heavy atom. The van der Waals surface area contributed by atoms with Crippen molar-refractivity contribution in [3.8, 4) is 5.75 Å². The first-order chi connectivity index (χ1) is 20.9. The van der Waals surface area contributed by atoms with Gasteiger partial charge in [-0.25, -0.2) is 0 Å². The first-order valence-corrected chi connectivity index (χ1v) is 15.0. The molecule has 0 aromatic heterocycles. The summed E-state index contributed by atoms with van der Waals surface area (Å²) in [5, 5.41) is 5.10. The lowest BCUT2D eigenvalue weighted by molar-refractivity contribution is -0.141. The van der Waals surface area contributed by atoms with Crippen molar-refractivity contribution in [2.45, 2.75) is 58.2 Å². The summed E-state index contributed by atoms with van der Waals surface area (Å²) in [5.74, 6) is 0.342. The Morgan fingerprint density at radius 2 is 1.65 bits per heavy atom. The van der Waals surface area contributed by atoms with Crippen LogP contribution < -0.4 is 15.0 Å². The maximum absolute atomic E-state index is 14.1. The monoisotopic (exact) mass is 577 g/mol. The summed E-state index contributed by atoms with van der Waals surface area (Å²) in [7, 11) is 1.61. The highest BCUT2D eigenvalue weighted by Gasteiger charge is 2.32. The topological polar surface area (TPSA) is 79.0 Å². The average molecular weight is 578 g/mol. The van der Waals surface area contributed by atoms with Gasteiger partial charge in [0.05, 0.1) is 12.8 Å². The van der Waals surface area contributed by atoms with E-state index in [0.29, 0.717) is 30.7 Å². The van der Waals surface area contributed by atoms with Gasteiger partial charge in [-0.2, -0.15) is 0 Å². The van der Waals surface area contributed by atoms with E-state index in [9.17, 15) is 14.4 Å². The van der Waals surface area contributed by atoms with Gasteiger partial charge in [0, 0.05) is 42.9 Å². The van der Waals surface area contributed by atoms with Crippen molar-refractivity contribution in [1.82, 2.24) is 10.2 Å². The summed E-state index contributed by atoms with van der Waals surface area (Å²) < 4.78 is 5.43. The van der Waals surface area contributed by atoms with Crippen LogP contribution in [-0.4, -0.2) is 48.4 Å². The second kappa shape index (κ2) is 13.6. The molecule has 2 atom stereocenters. The van der Waals surface area contributed by atoms with E-state index in [4.69, 9.17) is 4.74 Å². The summed E-state index contributed by atoms with van der Waals surface area (Å²) in [6, 6.07) is 28.3. The van der Waals surface area contributed by atoms with Crippen LogP contribution in [0.3, 0.4) is 0 Å². The number of benzene rings is 4. The zero-order chi connectivity index (χ0) is 30.3. The molecular formula is C36H39N3O4. The number of hydrogen-bond acceptors (Lipinski definition) is 4. The number of carbonyl (C=O) groups excluding carboxylic acids is 3. The fourth-order valence-electron chi connectivity index (χ4n) is 5.70. The van der Waals surface area contributed by atoms with Crippen LogP contribution in [0.5, 0.6) is 5.75 Å². The van der Waals surface area contributed by atoms with Gasteiger partial charge in [-0.15, -0.1) is 0 Å². The summed E-state index contributed by atoms with van der Waals surface area (Å²) >= 11 is 0. The molecule has 0 aliphatic carbocycles. The van der Waals surface area contributed by atoms with Crippen molar-refractivity contribution in [3.63, 3.8) is 0 Å². The molecule has 1 heterocycles. The van der Waals surface area contributed by atoms with Gasteiger partial charge >= 0.3 is 0 Å². The highest BCUT2D eigenvalue weighted by atomic mass is 16.5. The predicted molar refractivity (Wildman–Crippen MR) is 170 cm³/mol. The van der Waals surface area contributed by atoms with Gasteiger partial charge in [0.25, 0.3) is 5.91 Å². The maximum Gasteiger partial charge on any atom is 0.258 e. The van der Waals surface area contributed by atoms with E-state index in [2.05, 4.69) is 5.32 Å². The zero-order valence-corrected chi connectivity index (χ0v) is 25.1. The van der Waals surface area contributed by atoms with Crippen LogP contribution in [0.4, 0.5) is 5.69 Å². The highest BCUT2D eigenvalue weighted by Crippen LogP contribution is 2.37. The van der Waals surface area contributed by atoms with Crippen LogP contribution in [0.2, 0.25) is 0 Å². The Morgan fingerprint density at radius 1 is 0.930 bits per heavy atom. The average Bonchev–Trinajstić information content (AvgIpc) is 3.31. The van der Waals surface area contributed by atoms with E-state index in [1.54, 1.807) is 16.9 Å². The molecular weight excluding hydrogens is 538 g/mol. The number of carbonyl (C=O) groups is 3. The predicted octanol–water partition coefficient (Wildman–Crippen LogP) is 6.14. The minimum Gasteiger partial charge on any atom is -0.497 e. The molecule has 0 spiro atoms. The molecule has 1 N–H and O–H groups in total. The van der Waals surface area contributed by atoms with Crippen LogP contribution in [0.25, 0.3) is 10.8 Å². The summed E-state index contributed by atoms with van der Waals surface area (Å²) in [6.07, 6.45) is 1.84. The van der Waals surface area contributed by atoms with E-state index < -0.39 is 6.04 Å². The summed E-state index contributed by atoms with van der Waals surface area (Å²) in [6.45, 7) is 4.66. The minimum absolute atomic E-state index is 0.0231. The molecule has 7 nitrogen and oxygen atoms in total. The molecule has 5 rings (SSSR count). The van der Waals surface area contributed by atoms with Crippen LogP contribution in [0.1, 0.15) is 54.6 Å². The summed E-state index contributed by atoms with van der Waals surface area (Å²) in [4.78, 5) is 44.6. The first kappa shape index (κ1) is 29.8. The Labute approximate surface area is 253 Å². The standard InChI is InChI=1S/C36H39N3O4/c1-4-25(2)37-35(41)32(23-26-12-6-5-7-13-26)39(24-27-14-8-17-29(22-27)43-3)33(40)20-11-21-38-31-19-10-16-28-15-9-18-30(34(28)31)36(38)42/h5-10,12-19,22,25,32H,4,11,20-21,23-24H2,1-3H3,(H,37,41)/t25-,32+/m0/s1. The zero-order valence-electron chi connectivity index (χ0n) is 25.1. The van der Waals surface area contributed by atoms with Gasteiger partial charge in [0.2, 0.25) is 11.8 Å². The largest absolute Gasteiger partial charge is 0.497 e. The Kier molecular flexibility index (Phi) is 9.40. The third-order valence-corrected chi connectivity index (χ3v) is 8.18. The quantitative estimate of drug-likeness (QED) is 0.207. The number of hydrogen-bond donors (Lipinski definition) is 1. The highest BCUT2D eigenvalue weighted by molar-refractivity contribution is 6.25. The lowest BCUT2D eigenvalue weighted by atomic mass is 10.0. The number of ether oxygens (including phenoxy) is 1. The Balaban J connectivity index is 1.39. The molecule has 1 aliphatic heterocycles. The molecule has 0 bridgehead atoms. The van der Waals surface area contributed by atoms with E-state index in [1.165, 1.54) is 0 Å². The molecule has 3 amide bonds. The fraction of sp³-hybridized carbons (Fsp3) is 0.306. The number of anilines is 1. The molecule has 4 aromatic carbocycles. The number of rotatable bonds is 13. The van der Waals surface area contributed by atoms with Gasteiger partial charge in [0.15, 0.2) is 0 Å². The molecule has 4 aromatic rings. The van der Waals surface area contributed by atoms with Gasteiger partial charge in [-0.05, 0) is 60.5 Å². The lowest BCUT2D eigenvalue weighted by Gasteiger charge is -2.32. The van der Waals surface area contributed by atoms with Crippen molar-refractivity contribution in [2.24, 2.45) is 0 Å². The number of methoxy groups -OCH3 is 1. The molecule has 7 heteroatoms. The van der Waals surface area contributed by atoms with Crippen LogP contribution in [0.15, 0.2) is 91.0 Å². The third-order valence-electron chi connectivity index (χ3n) is 8.18. The van der Waals surface area contributed by atoms with Gasteiger partial charge in [0.1, 0.15) is 11.8 Å². The maximum atomic E-state index is 14.1. The van der Waals surface area contributed by atoms with Gasteiger partial charge in [-0.1, -0.05) is 73.7 Å². The molecule has 0 radical (unpaired) electrons. The van der Waals surface area contributed by atoms with Crippen molar-refractivity contribution >= 4 is 34.2 Å². The minimum atomic E-state index is -0.707. The van der Waals surface area contributed by atoms with Crippen LogP contribution in [-0.2, 0) is 22.6 Å². The molecule has 0 fully saturated rings. The Hall–Kier alpha value is -4.65. The van der Waals surface area contributed by atoms with E-state index in [-0.39, 0.29) is 36.7 Å². The Bertz CT molecular complexity index is 1600. The van der Waals surface area contributed by atoms with Crippen molar-refractivity contribution in [2.75, 3.05) is 18.6 Å². The molecule has 43 heavy (non-hydrogen) atoms. The van der Waals surface area contributed by atoms with E-state index >= 15 is 0 Å². The molecule has 222 valence electrons. The summed E-state index contributed by atoms with van der Waals surface area (Å²) in [5.41, 5.74) is 3.43. The second-order valence-corrected chi connectivity index (χ2v) is 11.1. The third kappa shape index (κ3) is 6.72. The fourth-order valence-corrected chi connectivity index (χ4v) is 5.70. The van der Waals surface area contributed by atoms with Crippen molar-refractivity contribution in [1.29, 1.82) is 0 Å². The number of amides is 3. The van der Waals surface area contributed by atoms with Crippen LogP contribution in [0, 0.1) is 0 Å². The van der Waals surface area contributed by atoms with E-state index in [1.807, 2.05) is 105 Å². The van der Waals surface area contributed by atoms with E-state index in [0.717, 1.165) is 34.0 Å². The van der Waals surface area contributed by atoms with Gasteiger partial charge < -0.3 is 19.9 Å². The van der Waals surface area contributed by atoms with Crippen LogP contribution >= 0.6 is 0 Å². The van der Waals surface area contributed by atoms with Gasteiger partial charge in [-0.3, -0.25) is 14.4 Å². The first-order valence-electron chi connectivity index (χ1n) is 15.0. The van der Waals surface area contributed by atoms with Crippen molar-refractivity contribution < 1.29 is 19.1 Å². The second-order valence-electron chi connectivity index (χ2n) is 11.1. The molecule has 0 saturated carbocycles. The molecule has 0 unspecified atom stereocenters. The normalized spacial score (nSPS) is 13.6. The molecule has 0 saturated heterocycles. The smallest absolute Gasteiger partial charge is 0.258 e. The number of nitrogens with one attached hydrogen (secondary N) is 1. The lowest BCUT2D eigenvalue weighted by Crippen LogP contribution is -2.52. The van der Waals surface area contributed by atoms with Crippen molar-refractivity contribution in [3.05, 3.63) is 108 Å². The SMILES string of the molecule is CC[C@H](C)NC(=O)[C@@H](Cc1ccccc1)N(Cc1cccc(OC)c1)C(=O)CCCN1C(=O)c2cccc3cccc1c23. The number of nitrogens with zero attached hydrogens (tertiary/aromatic N) is 2.